The maximum absolute atomic E-state index is 11.7. The number of amides is 3. The molecule has 0 heterocycles. The molecule has 0 spiro atoms. The third-order valence-electron chi connectivity index (χ3n) is 2.53. The normalized spacial score (nSPS) is 9.95. The van der Waals surface area contributed by atoms with Crippen LogP contribution >= 0.6 is 23.4 Å². The van der Waals surface area contributed by atoms with E-state index < -0.39 is 0 Å². The van der Waals surface area contributed by atoms with Crippen LogP contribution in [0.5, 0.6) is 0 Å². The van der Waals surface area contributed by atoms with Crippen molar-refractivity contribution in [3.63, 3.8) is 0 Å². The SMILES string of the molecule is CN(C)C(=O)CNC(=O)CSCC(=O)Nc1ccc(Cl)cc1. The Balaban J connectivity index is 2.20. The predicted octanol–water partition coefficient (Wildman–Crippen LogP) is 1.22. The molecule has 6 nitrogen and oxygen atoms in total. The van der Waals surface area contributed by atoms with Crippen LogP contribution in [-0.4, -0.2) is 54.8 Å². The molecule has 0 atom stereocenters. The van der Waals surface area contributed by atoms with Crippen molar-refractivity contribution in [3.05, 3.63) is 29.3 Å². The molecule has 22 heavy (non-hydrogen) atoms. The van der Waals surface area contributed by atoms with E-state index in [4.69, 9.17) is 11.6 Å². The molecule has 1 rings (SSSR count). The van der Waals surface area contributed by atoms with Crippen molar-refractivity contribution in [2.24, 2.45) is 0 Å². The van der Waals surface area contributed by atoms with Gasteiger partial charge >= 0.3 is 0 Å². The molecule has 120 valence electrons. The zero-order valence-electron chi connectivity index (χ0n) is 12.4. The second kappa shape index (κ2) is 9.32. The molecular weight excluding hydrogens is 326 g/mol. The average molecular weight is 344 g/mol. The average Bonchev–Trinajstić information content (AvgIpc) is 2.47. The van der Waals surface area contributed by atoms with Crippen molar-refractivity contribution >= 4 is 46.8 Å². The molecule has 8 heteroatoms. The number of halogens is 1. The summed E-state index contributed by atoms with van der Waals surface area (Å²) >= 11 is 6.93. The highest BCUT2D eigenvalue weighted by molar-refractivity contribution is 8.00. The van der Waals surface area contributed by atoms with Crippen LogP contribution in [0.4, 0.5) is 5.69 Å². The third kappa shape index (κ3) is 7.33. The fourth-order valence-corrected chi connectivity index (χ4v) is 2.12. The number of rotatable bonds is 7. The summed E-state index contributed by atoms with van der Waals surface area (Å²) in [5.74, 6) is -0.394. The first-order valence-electron chi connectivity index (χ1n) is 6.48. The molecule has 0 unspecified atom stereocenters. The van der Waals surface area contributed by atoms with Gasteiger partial charge in [0, 0.05) is 24.8 Å². The summed E-state index contributed by atoms with van der Waals surface area (Å²) in [6, 6.07) is 6.76. The fourth-order valence-electron chi connectivity index (χ4n) is 1.35. The predicted molar refractivity (Wildman–Crippen MR) is 89.1 cm³/mol. The summed E-state index contributed by atoms with van der Waals surface area (Å²) in [5, 5.41) is 5.79. The van der Waals surface area contributed by atoms with E-state index in [1.54, 1.807) is 38.4 Å². The fraction of sp³-hybridized carbons (Fsp3) is 0.357. The number of nitrogens with zero attached hydrogens (tertiary/aromatic N) is 1. The van der Waals surface area contributed by atoms with E-state index in [-0.39, 0.29) is 35.8 Å². The Morgan fingerprint density at radius 2 is 1.68 bits per heavy atom. The van der Waals surface area contributed by atoms with Gasteiger partial charge in [-0.2, -0.15) is 0 Å². The smallest absolute Gasteiger partial charge is 0.241 e. The minimum absolute atomic E-state index is 0.0383. The second-order valence-electron chi connectivity index (χ2n) is 4.61. The van der Waals surface area contributed by atoms with E-state index in [1.807, 2.05) is 0 Å². The van der Waals surface area contributed by atoms with Crippen molar-refractivity contribution < 1.29 is 14.4 Å². The van der Waals surface area contributed by atoms with Crippen LogP contribution in [0.3, 0.4) is 0 Å². The van der Waals surface area contributed by atoms with Crippen molar-refractivity contribution in [2.45, 2.75) is 0 Å². The minimum atomic E-state index is -0.278. The van der Waals surface area contributed by atoms with Gasteiger partial charge in [0.2, 0.25) is 17.7 Å². The number of hydrogen-bond acceptors (Lipinski definition) is 4. The molecule has 0 aliphatic heterocycles. The molecule has 0 saturated carbocycles. The number of benzene rings is 1. The number of anilines is 1. The molecule has 0 aliphatic rings. The molecule has 1 aromatic rings. The van der Waals surface area contributed by atoms with Crippen LogP contribution in [0.15, 0.2) is 24.3 Å². The lowest BCUT2D eigenvalue weighted by atomic mass is 10.3. The van der Waals surface area contributed by atoms with Crippen LogP contribution < -0.4 is 10.6 Å². The van der Waals surface area contributed by atoms with Crippen molar-refractivity contribution in [2.75, 3.05) is 37.5 Å². The summed E-state index contributed by atoms with van der Waals surface area (Å²) < 4.78 is 0. The lowest BCUT2D eigenvalue weighted by Crippen LogP contribution is -2.37. The van der Waals surface area contributed by atoms with Gasteiger partial charge in [0.05, 0.1) is 18.1 Å². The lowest BCUT2D eigenvalue weighted by Gasteiger charge is -2.10. The maximum atomic E-state index is 11.7. The third-order valence-corrected chi connectivity index (χ3v) is 3.71. The topological polar surface area (TPSA) is 78.5 Å². The Hall–Kier alpha value is -1.73. The Bertz CT molecular complexity index is 535. The second-order valence-corrected chi connectivity index (χ2v) is 6.03. The standard InChI is InChI=1S/C14H18ClN3O3S/c1-18(2)14(21)7-16-12(19)8-22-9-13(20)17-11-5-3-10(15)4-6-11/h3-6H,7-9H2,1-2H3,(H,16,19)(H,17,20). The largest absolute Gasteiger partial charge is 0.347 e. The van der Waals surface area contributed by atoms with Crippen LogP contribution in [0.2, 0.25) is 5.02 Å². The minimum Gasteiger partial charge on any atom is -0.347 e. The van der Waals surface area contributed by atoms with E-state index in [2.05, 4.69) is 10.6 Å². The zero-order valence-corrected chi connectivity index (χ0v) is 14.0. The number of carbonyl (C=O) groups excluding carboxylic acids is 3. The Morgan fingerprint density at radius 1 is 1.09 bits per heavy atom. The van der Waals surface area contributed by atoms with E-state index in [0.29, 0.717) is 10.7 Å². The Morgan fingerprint density at radius 3 is 2.27 bits per heavy atom. The molecule has 0 saturated heterocycles. The van der Waals surface area contributed by atoms with Gasteiger partial charge in [-0.15, -0.1) is 11.8 Å². The number of nitrogens with one attached hydrogen (secondary N) is 2. The highest BCUT2D eigenvalue weighted by Gasteiger charge is 2.08. The number of hydrogen-bond donors (Lipinski definition) is 2. The van der Waals surface area contributed by atoms with Gasteiger partial charge in [0.15, 0.2) is 0 Å². The molecule has 0 aliphatic carbocycles. The van der Waals surface area contributed by atoms with Gasteiger partial charge in [0.1, 0.15) is 0 Å². The van der Waals surface area contributed by atoms with Gasteiger partial charge in [-0.05, 0) is 24.3 Å². The molecular formula is C14H18ClN3O3S. The van der Waals surface area contributed by atoms with Gasteiger partial charge in [-0.3, -0.25) is 14.4 Å². The monoisotopic (exact) mass is 343 g/mol. The van der Waals surface area contributed by atoms with E-state index in [9.17, 15) is 14.4 Å². The van der Waals surface area contributed by atoms with E-state index in [1.165, 1.54) is 16.7 Å². The van der Waals surface area contributed by atoms with Gasteiger partial charge in [0.25, 0.3) is 0 Å². The molecule has 0 radical (unpaired) electrons. The van der Waals surface area contributed by atoms with Gasteiger partial charge in [-0.1, -0.05) is 11.6 Å². The van der Waals surface area contributed by atoms with Crippen molar-refractivity contribution in [1.29, 1.82) is 0 Å². The highest BCUT2D eigenvalue weighted by Crippen LogP contribution is 2.13. The van der Waals surface area contributed by atoms with Gasteiger partial charge in [-0.25, -0.2) is 0 Å². The maximum Gasteiger partial charge on any atom is 0.241 e. The van der Waals surface area contributed by atoms with Crippen molar-refractivity contribution in [1.82, 2.24) is 10.2 Å². The molecule has 2 N–H and O–H groups in total. The van der Waals surface area contributed by atoms with Crippen molar-refractivity contribution in [3.8, 4) is 0 Å². The summed E-state index contributed by atoms with van der Waals surface area (Å²) in [4.78, 5) is 35.9. The van der Waals surface area contributed by atoms with Crippen LogP contribution in [0.1, 0.15) is 0 Å². The number of carbonyl (C=O) groups is 3. The summed E-state index contributed by atoms with van der Waals surface area (Å²) in [5.41, 5.74) is 0.649. The molecule has 0 aromatic heterocycles. The molecule has 0 fully saturated rings. The lowest BCUT2D eigenvalue weighted by molar-refractivity contribution is -0.130. The zero-order chi connectivity index (χ0) is 16.5. The number of thioether (sulfide) groups is 1. The molecule has 1 aromatic carbocycles. The van der Waals surface area contributed by atoms with Gasteiger partial charge < -0.3 is 15.5 Å². The number of likely N-dealkylation sites (N-methyl/N-ethyl adjacent to an activating group) is 1. The Labute approximate surface area is 138 Å². The summed E-state index contributed by atoms with van der Waals surface area (Å²) in [7, 11) is 3.23. The first-order valence-corrected chi connectivity index (χ1v) is 8.01. The van der Waals surface area contributed by atoms with E-state index >= 15 is 0 Å². The van der Waals surface area contributed by atoms with Crippen LogP contribution in [0, 0.1) is 0 Å². The molecule has 0 bridgehead atoms. The highest BCUT2D eigenvalue weighted by atomic mass is 35.5. The van der Waals surface area contributed by atoms with E-state index in [0.717, 1.165) is 0 Å². The quantitative estimate of drug-likeness (QED) is 0.780. The summed E-state index contributed by atoms with van der Waals surface area (Å²) in [6.07, 6.45) is 0. The van der Waals surface area contributed by atoms with Crippen LogP contribution in [-0.2, 0) is 14.4 Å². The summed E-state index contributed by atoms with van der Waals surface area (Å²) in [6.45, 7) is -0.0383. The van der Waals surface area contributed by atoms with Crippen LogP contribution in [0.25, 0.3) is 0 Å². The molecule has 3 amide bonds. The first-order chi connectivity index (χ1) is 10.4. The Kier molecular flexibility index (Phi) is 7.76. The first kappa shape index (κ1) is 18.3.